The van der Waals surface area contributed by atoms with Gasteiger partial charge in [-0.05, 0) is 24.6 Å². The summed E-state index contributed by atoms with van der Waals surface area (Å²) in [6.45, 7) is 1.59. The summed E-state index contributed by atoms with van der Waals surface area (Å²) >= 11 is 0. The van der Waals surface area contributed by atoms with Gasteiger partial charge in [0.25, 0.3) is 0 Å². The topological polar surface area (TPSA) is 68.0 Å². The van der Waals surface area contributed by atoms with E-state index in [0.29, 0.717) is 0 Å². The summed E-state index contributed by atoms with van der Waals surface area (Å²) in [5.74, 6) is -0.899. The third kappa shape index (κ3) is 1.93. The Labute approximate surface area is 92.4 Å². The van der Waals surface area contributed by atoms with Crippen molar-refractivity contribution in [2.45, 2.75) is 13.0 Å². The van der Waals surface area contributed by atoms with E-state index in [2.05, 4.69) is 10.1 Å². The summed E-state index contributed by atoms with van der Waals surface area (Å²) in [4.78, 5) is 14.7. The maximum atomic E-state index is 10.8. The van der Waals surface area contributed by atoms with Gasteiger partial charge in [0.15, 0.2) is 0 Å². The average Bonchev–Trinajstić information content (AvgIpc) is 2.78. The molecule has 82 valence electrons. The highest BCUT2D eigenvalue weighted by Crippen LogP contribution is 2.18. The van der Waals surface area contributed by atoms with Crippen molar-refractivity contribution in [2.24, 2.45) is 0 Å². The fourth-order valence-corrected chi connectivity index (χ4v) is 1.36. The Morgan fingerprint density at radius 2 is 2.06 bits per heavy atom. The molecule has 0 radical (unpaired) electrons. The van der Waals surface area contributed by atoms with Gasteiger partial charge in [0.2, 0.25) is 0 Å². The Morgan fingerprint density at radius 1 is 1.38 bits per heavy atom. The summed E-state index contributed by atoms with van der Waals surface area (Å²) in [5.41, 5.74) is 1.86. The van der Waals surface area contributed by atoms with Gasteiger partial charge in [-0.1, -0.05) is 0 Å². The largest absolute Gasteiger partial charge is 0.480 e. The average molecular weight is 217 g/mol. The van der Waals surface area contributed by atoms with E-state index < -0.39 is 12.0 Å². The number of nitrogens with zero attached hydrogens (tertiary/aromatic N) is 3. The van der Waals surface area contributed by atoms with Crippen molar-refractivity contribution in [3.05, 3.63) is 36.9 Å². The second kappa shape index (κ2) is 4.14. The smallest absolute Gasteiger partial charge is 0.328 e. The minimum Gasteiger partial charge on any atom is -0.480 e. The van der Waals surface area contributed by atoms with Gasteiger partial charge in [-0.3, -0.25) is 9.67 Å². The number of aliphatic carboxylic acids is 1. The molecule has 0 fully saturated rings. The Kier molecular flexibility index (Phi) is 2.68. The van der Waals surface area contributed by atoms with Crippen molar-refractivity contribution in [3.8, 4) is 11.1 Å². The monoisotopic (exact) mass is 217 g/mol. The first-order chi connectivity index (χ1) is 7.68. The summed E-state index contributed by atoms with van der Waals surface area (Å²) in [5, 5.41) is 12.9. The van der Waals surface area contributed by atoms with E-state index in [1.807, 2.05) is 12.1 Å². The van der Waals surface area contributed by atoms with Crippen LogP contribution in [0.2, 0.25) is 0 Å². The first-order valence-electron chi connectivity index (χ1n) is 4.86. The lowest BCUT2D eigenvalue weighted by Gasteiger charge is -2.05. The van der Waals surface area contributed by atoms with E-state index >= 15 is 0 Å². The van der Waals surface area contributed by atoms with Crippen molar-refractivity contribution in [1.82, 2.24) is 14.8 Å². The molecule has 0 bridgehead atoms. The Hall–Kier alpha value is -2.17. The molecule has 0 aromatic carbocycles. The molecule has 0 saturated carbocycles. The first kappa shape index (κ1) is 10.4. The molecule has 0 aliphatic rings. The number of pyridine rings is 1. The normalized spacial score (nSPS) is 12.3. The molecule has 1 N–H and O–H groups in total. The van der Waals surface area contributed by atoms with E-state index in [4.69, 9.17) is 5.11 Å². The number of hydrogen-bond acceptors (Lipinski definition) is 3. The number of hydrogen-bond donors (Lipinski definition) is 1. The molecule has 0 unspecified atom stereocenters. The number of rotatable bonds is 3. The quantitative estimate of drug-likeness (QED) is 0.847. The Balaban J connectivity index is 2.30. The van der Waals surface area contributed by atoms with Crippen LogP contribution in [0.25, 0.3) is 11.1 Å². The second-order valence-corrected chi connectivity index (χ2v) is 3.46. The molecule has 0 amide bonds. The molecule has 2 aromatic heterocycles. The van der Waals surface area contributed by atoms with Gasteiger partial charge >= 0.3 is 5.97 Å². The minimum absolute atomic E-state index is 0.657. The lowest BCUT2D eigenvalue weighted by atomic mass is 10.1. The van der Waals surface area contributed by atoms with E-state index in [-0.39, 0.29) is 0 Å². The molecule has 5 heteroatoms. The standard InChI is InChI=1S/C11H11N3O2/c1-8(11(15)16)14-7-10(6-13-14)9-2-4-12-5-3-9/h2-8H,1H3,(H,15,16)/t8-/m0/s1. The van der Waals surface area contributed by atoms with Crippen molar-refractivity contribution in [2.75, 3.05) is 0 Å². The maximum Gasteiger partial charge on any atom is 0.328 e. The van der Waals surface area contributed by atoms with Gasteiger partial charge in [-0.2, -0.15) is 5.10 Å². The molecule has 0 aliphatic heterocycles. The highest BCUT2D eigenvalue weighted by molar-refractivity contribution is 5.71. The van der Waals surface area contributed by atoms with Gasteiger partial charge < -0.3 is 5.11 Å². The molecular weight excluding hydrogens is 206 g/mol. The number of carboxylic acids is 1. The molecule has 0 aliphatic carbocycles. The van der Waals surface area contributed by atoms with Crippen molar-refractivity contribution < 1.29 is 9.90 Å². The van der Waals surface area contributed by atoms with E-state index in [9.17, 15) is 4.79 Å². The molecule has 0 saturated heterocycles. The van der Waals surface area contributed by atoms with Gasteiger partial charge in [-0.15, -0.1) is 0 Å². The van der Waals surface area contributed by atoms with Crippen LogP contribution in [0.15, 0.2) is 36.9 Å². The summed E-state index contributed by atoms with van der Waals surface area (Å²) in [6.07, 6.45) is 6.74. The van der Waals surface area contributed by atoms with Gasteiger partial charge in [0.1, 0.15) is 6.04 Å². The number of aromatic nitrogens is 3. The van der Waals surface area contributed by atoms with Gasteiger partial charge in [0.05, 0.1) is 6.20 Å². The first-order valence-corrected chi connectivity index (χ1v) is 4.86. The molecule has 16 heavy (non-hydrogen) atoms. The van der Waals surface area contributed by atoms with Crippen molar-refractivity contribution in [3.63, 3.8) is 0 Å². The van der Waals surface area contributed by atoms with Crippen molar-refractivity contribution in [1.29, 1.82) is 0 Å². The van der Waals surface area contributed by atoms with E-state index in [1.165, 1.54) is 4.68 Å². The van der Waals surface area contributed by atoms with Gasteiger partial charge in [-0.25, -0.2) is 4.79 Å². The van der Waals surface area contributed by atoms with E-state index in [1.54, 1.807) is 31.7 Å². The zero-order valence-corrected chi connectivity index (χ0v) is 8.74. The lowest BCUT2D eigenvalue weighted by molar-refractivity contribution is -0.140. The third-order valence-electron chi connectivity index (χ3n) is 2.37. The predicted octanol–water partition coefficient (Wildman–Crippen LogP) is 1.59. The van der Waals surface area contributed by atoms with Crippen LogP contribution in [0, 0.1) is 0 Å². The molecule has 2 rings (SSSR count). The third-order valence-corrected chi connectivity index (χ3v) is 2.37. The molecule has 5 nitrogen and oxygen atoms in total. The van der Waals surface area contributed by atoms with E-state index in [0.717, 1.165) is 11.1 Å². The van der Waals surface area contributed by atoms with Crippen LogP contribution in [0.3, 0.4) is 0 Å². The highest BCUT2D eigenvalue weighted by Gasteiger charge is 2.14. The molecule has 2 aromatic rings. The van der Waals surface area contributed by atoms with Crippen LogP contribution in [0.5, 0.6) is 0 Å². The minimum atomic E-state index is -0.899. The van der Waals surface area contributed by atoms with Crippen molar-refractivity contribution >= 4 is 5.97 Å². The van der Waals surface area contributed by atoms with Crippen LogP contribution >= 0.6 is 0 Å². The number of carbonyl (C=O) groups is 1. The second-order valence-electron chi connectivity index (χ2n) is 3.46. The van der Waals surface area contributed by atoms with Crippen LogP contribution in [0.4, 0.5) is 0 Å². The zero-order valence-electron chi connectivity index (χ0n) is 8.74. The zero-order chi connectivity index (χ0) is 11.5. The Morgan fingerprint density at radius 3 is 2.69 bits per heavy atom. The molecule has 1 atom stereocenters. The fourth-order valence-electron chi connectivity index (χ4n) is 1.36. The lowest BCUT2D eigenvalue weighted by Crippen LogP contribution is -2.15. The maximum absolute atomic E-state index is 10.8. The number of carboxylic acid groups (broad SMARTS) is 1. The summed E-state index contributed by atoms with van der Waals surface area (Å²) in [6, 6.07) is 3.05. The van der Waals surface area contributed by atoms with Crippen LogP contribution in [0.1, 0.15) is 13.0 Å². The molecule has 0 spiro atoms. The SMILES string of the molecule is C[C@@H](C(=O)O)n1cc(-c2ccncc2)cn1. The molecule has 2 heterocycles. The summed E-state index contributed by atoms with van der Waals surface area (Å²) in [7, 11) is 0. The fraction of sp³-hybridized carbons (Fsp3) is 0.182. The molecular formula is C11H11N3O2. The highest BCUT2D eigenvalue weighted by atomic mass is 16.4. The van der Waals surface area contributed by atoms with Crippen LogP contribution in [-0.2, 0) is 4.79 Å². The van der Waals surface area contributed by atoms with Crippen LogP contribution in [-0.4, -0.2) is 25.8 Å². The van der Waals surface area contributed by atoms with Crippen LogP contribution < -0.4 is 0 Å². The Bertz CT molecular complexity index is 493. The predicted molar refractivity (Wildman–Crippen MR) is 57.8 cm³/mol. The summed E-state index contributed by atoms with van der Waals surface area (Å²) < 4.78 is 1.43. The van der Waals surface area contributed by atoms with Gasteiger partial charge in [0, 0.05) is 24.2 Å².